The zero-order valence-corrected chi connectivity index (χ0v) is 12.7. The Morgan fingerprint density at radius 2 is 2.19 bits per heavy atom. The molecule has 110 valence electrons. The molecule has 2 aromatic heterocycles. The first kappa shape index (κ1) is 14.1. The third kappa shape index (κ3) is 3.25. The molecule has 0 unspecified atom stereocenters. The van der Waals surface area contributed by atoms with Gasteiger partial charge in [0.05, 0.1) is 12.6 Å². The predicted molar refractivity (Wildman–Crippen MR) is 82.3 cm³/mol. The van der Waals surface area contributed by atoms with Crippen LogP contribution in [-0.4, -0.2) is 20.8 Å². The molecule has 0 aliphatic carbocycles. The van der Waals surface area contributed by atoms with Crippen LogP contribution in [0.5, 0.6) is 0 Å². The van der Waals surface area contributed by atoms with Crippen molar-refractivity contribution >= 4 is 22.6 Å². The fourth-order valence-electron chi connectivity index (χ4n) is 2.42. The van der Waals surface area contributed by atoms with Gasteiger partial charge in [0.2, 0.25) is 0 Å². The summed E-state index contributed by atoms with van der Waals surface area (Å²) < 4.78 is 7.67. The van der Waals surface area contributed by atoms with E-state index in [2.05, 4.69) is 29.2 Å². The lowest BCUT2D eigenvalue weighted by atomic mass is 10.2. The lowest BCUT2D eigenvalue weighted by Crippen LogP contribution is -2.32. The summed E-state index contributed by atoms with van der Waals surface area (Å²) in [6.07, 6.45) is 3.26. The molecule has 3 rings (SSSR count). The molecule has 0 amide bonds. The number of furan rings is 1. The second kappa shape index (κ2) is 5.87. The first-order valence-corrected chi connectivity index (χ1v) is 7.27. The van der Waals surface area contributed by atoms with Crippen LogP contribution in [0.4, 0.5) is 0 Å². The van der Waals surface area contributed by atoms with Gasteiger partial charge in [-0.2, -0.15) is 5.10 Å². The van der Waals surface area contributed by atoms with E-state index in [9.17, 15) is 0 Å². The summed E-state index contributed by atoms with van der Waals surface area (Å²) >= 11 is 6.00. The van der Waals surface area contributed by atoms with Gasteiger partial charge in [0.1, 0.15) is 24.0 Å². The molecule has 0 radical (unpaired) electrons. The summed E-state index contributed by atoms with van der Waals surface area (Å²) in [6, 6.07) is 8.03. The third-order valence-electron chi connectivity index (χ3n) is 3.39. The zero-order valence-electron chi connectivity index (χ0n) is 12.0. The van der Waals surface area contributed by atoms with Gasteiger partial charge in [-0.3, -0.25) is 4.68 Å². The van der Waals surface area contributed by atoms with E-state index < -0.39 is 0 Å². The van der Waals surface area contributed by atoms with Gasteiger partial charge < -0.3 is 9.73 Å². The first-order valence-electron chi connectivity index (χ1n) is 6.89. The minimum Gasteiger partial charge on any atom is -0.459 e. The maximum atomic E-state index is 6.00. The average Bonchev–Trinajstić information content (AvgIpc) is 3.06. The van der Waals surface area contributed by atoms with Gasteiger partial charge in [-0.25, -0.2) is 4.98 Å². The Kier molecular flexibility index (Phi) is 3.94. The maximum absolute atomic E-state index is 6.00. The number of benzene rings is 1. The summed E-state index contributed by atoms with van der Waals surface area (Å²) in [4.78, 5) is 3.94. The Labute approximate surface area is 127 Å². The summed E-state index contributed by atoms with van der Waals surface area (Å²) in [5.41, 5.74) is 0.854. The molecule has 0 aliphatic heterocycles. The van der Waals surface area contributed by atoms with Crippen LogP contribution in [0.3, 0.4) is 0 Å². The van der Waals surface area contributed by atoms with E-state index in [1.54, 1.807) is 12.7 Å². The van der Waals surface area contributed by atoms with Gasteiger partial charge in [0, 0.05) is 16.5 Å². The van der Waals surface area contributed by atoms with Gasteiger partial charge in [-0.1, -0.05) is 11.6 Å². The molecular weight excluding hydrogens is 288 g/mol. The fraction of sp³-hybridized carbons (Fsp3) is 0.333. The maximum Gasteiger partial charge on any atom is 0.137 e. The minimum atomic E-state index is 0.106. The largest absolute Gasteiger partial charge is 0.459 e. The highest BCUT2D eigenvalue weighted by molar-refractivity contribution is 6.31. The van der Waals surface area contributed by atoms with Crippen molar-refractivity contribution in [3.05, 3.63) is 47.7 Å². The summed E-state index contributed by atoms with van der Waals surface area (Å²) in [5.74, 6) is 0.901. The Morgan fingerprint density at radius 1 is 1.33 bits per heavy atom. The Bertz CT molecular complexity index is 722. The number of halogens is 1. The number of hydrogen-bond acceptors (Lipinski definition) is 4. The van der Waals surface area contributed by atoms with E-state index in [4.69, 9.17) is 16.0 Å². The minimum absolute atomic E-state index is 0.106. The van der Waals surface area contributed by atoms with Crippen molar-refractivity contribution in [3.8, 4) is 0 Å². The molecule has 1 aromatic carbocycles. The summed E-state index contributed by atoms with van der Waals surface area (Å²) in [7, 11) is 0. The van der Waals surface area contributed by atoms with Gasteiger partial charge in [0.15, 0.2) is 0 Å². The molecule has 0 fully saturated rings. The molecular formula is C15H17ClN4O. The van der Waals surface area contributed by atoms with Crippen LogP contribution in [0.1, 0.15) is 25.6 Å². The molecule has 0 saturated carbocycles. The van der Waals surface area contributed by atoms with E-state index >= 15 is 0 Å². The van der Waals surface area contributed by atoms with Crippen molar-refractivity contribution in [2.24, 2.45) is 0 Å². The molecule has 3 aromatic rings. The van der Waals surface area contributed by atoms with Gasteiger partial charge in [-0.05, 0) is 38.1 Å². The number of nitrogens with zero attached hydrogens (tertiary/aromatic N) is 3. The highest BCUT2D eigenvalue weighted by Crippen LogP contribution is 2.26. The van der Waals surface area contributed by atoms with Crippen molar-refractivity contribution in [3.63, 3.8) is 0 Å². The SMILES string of the molecule is C[C@H](Cn1cncn1)N[C@@H](C)c1cc2cc(Cl)ccc2o1. The van der Waals surface area contributed by atoms with Gasteiger partial charge in [0.25, 0.3) is 0 Å². The van der Waals surface area contributed by atoms with Crippen LogP contribution in [-0.2, 0) is 6.54 Å². The predicted octanol–water partition coefficient (Wildman–Crippen LogP) is 3.42. The molecule has 0 saturated heterocycles. The van der Waals surface area contributed by atoms with Crippen molar-refractivity contribution in [1.82, 2.24) is 20.1 Å². The topological polar surface area (TPSA) is 55.9 Å². The number of nitrogens with one attached hydrogen (secondary N) is 1. The number of rotatable bonds is 5. The van der Waals surface area contributed by atoms with Crippen molar-refractivity contribution in [1.29, 1.82) is 0 Å². The van der Waals surface area contributed by atoms with Gasteiger partial charge in [-0.15, -0.1) is 0 Å². The van der Waals surface area contributed by atoms with Crippen molar-refractivity contribution in [2.45, 2.75) is 32.5 Å². The molecule has 6 heteroatoms. The highest BCUT2D eigenvalue weighted by atomic mass is 35.5. The zero-order chi connectivity index (χ0) is 14.8. The molecule has 2 heterocycles. The Balaban J connectivity index is 1.69. The molecule has 0 bridgehead atoms. The molecule has 0 aliphatic rings. The van der Waals surface area contributed by atoms with E-state index in [0.29, 0.717) is 0 Å². The normalized spacial score (nSPS) is 14.4. The van der Waals surface area contributed by atoms with Crippen LogP contribution in [0.2, 0.25) is 5.02 Å². The molecule has 2 atom stereocenters. The molecule has 1 N–H and O–H groups in total. The number of hydrogen-bond donors (Lipinski definition) is 1. The van der Waals surface area contributed by atoms with E-state index in [0.717, 1.165) is 28.3 Å². The van der Waals surface area contributed by atoms with Crippen LogP contribution in [0, 0.1) is 0 Å². The monoisotopic (exact) mass is 304 g/mol. The summed E-state index contributed by atoms with van der Waals surface area (Å²) in [6.45, 7) is 4.95. The Morgan fingerprint density at radius 3 is 2.95 bits per heavy atom. The average molecular weight is 305 g/mol. The lowest BCUT2D eigenvalue weighted by Gasteiger charge is -2.18. The first-order chi connectivity index (χ1) is 10.1. The summed E-state index contributed by atoms with van der Waals surface area (Å²) in [5, 5.41) is 9.34. The van der Waals surface area contributed by atoms with Crippen LogP contribution >= 0.6 is 11.6 Å². The van der Waals surface area contributed by atoms with Crippen LogP contribution < -0.4 is 5.32 Å². The Hall–Kier alpha value is -1.85. The van der Waals surface area contributed by atoms with Crippen molar-refractivity contribution < 1.29 is 4.42 Å². The third-order valence-corrected chi connectivity index (χ3v) is 3.62. The second-order valence-corrected chi connectivity index (χ2v) is 5.67. The van der Waals surface area contributed by atoms with Crippen molar-refractivity contribution in [2.75, 3.05) is 0 Å². The van der Waals surface area contributed by atoms with Crippen LogP contribution in [0.15, 0.2) is 41.3 Å². The van der Waals surface area contributed by atoms with E-state index in [-0.39, 0.29) is 12.1 Å². The number of fused-ring (bicyclic) bond motifs is 1. The van der Waals surface area contributed by atoms with E-state index in [1.807, 2.05) is 28.9 Å². The molecule has 21 heavy (non-hydrogen) atoms. The quantitative estimate of drug-likeness (QED) is 0.785. The van der Waals surface area contributed by atoms with Crippen LogP contribution in [0.25, 0.3) is 11.0 Å². The highest BCUT2D eigenvalue weighted by Gasteiger charge is 2.14. The number of aromatic nitrogens is 3. The fourth-order valence-corrected chi connectivity index (χ4v) is 2.60. The standard InChI is InChI=1S/C15H17ClN4O/c1-10(7-20-9-17-8-18-20)19-11(2)15-6-12-5-13(16)3-4-14(12)21-15/h3-6,8-11,19H,7H2,1-2H3/t10-,11+/m1/s1. The molecule has 0 spiro atoms. The van der Waals surface area contributed by atoms with E-state index in [1.165, 1.54) is 0 Å². The molecule has 5 nitrogen and oxygen atoms in total. The van der Waals surface area contributed by atoms with Gasteiger partial charge >= 0.3 is 0 Å². The lowest BCUT2D eigenvalue weighted by molar-refractivity contribution is 0.376. The second-order valence-electron chi connectivity index (χ2n) is 5.24. The smallest absolute Gasteiger partial charge is 0.137 e.